The van der Waals surface area contributed by atoms with Crippen molar-refractivity contribution in [2.75, 3.05) is 12.4 Å². The minimum Gasteiger partial charge on any atom is -0.356 e. The maximum absolute atomic E-state index is 12.1. The van der Waals surface area contributed by atoms with E-state index in [9.17, 15) is 9.59 Å². The summed E-state index contributed by atoms with van der Waals surface area (Å²) in [5.74, 6) is -0.367. The highest BCUT2D eigenvalue weighted by atomic mass is 16.5. The van der Waals surface area contributed by atoms with Gasteiger partial charge in [-0.2, -0.15) is 0 Å². The van der Waals surface area contributed by atoms with Crippen LogP contribution in [0.15, 0.2) is 53.1 Å². The van der Waals surface area contributed by atoms with Crippen LogP contribution in [0, 0.1) is 0 Å². The van der Waals surface area contributed by atoms with E-state index in [0.717, 1.165) is 5.39 Å². The van der Waals surface area contributed by atoms with E-state index in [0.29, 0.717) is 22.5 Å². The number of benzene rings is 2. The molecule has 1 aromatic heterocycles. The Morgan fingerprint density at radius 2 is 1.83 bits per heavy atom. The van der Waals surface area contributed by atoms with Crippen LogP contribution in [0.25, 0.3) is 11.0 Å². The normalized spacial score (nSPS) is 10.5. The Bertz CT molecular complexity index is 853. The molecule has 0 bridgehead atoms. The number of nitrogens with one attached hydrogen (secondary N) is 2. The van der Waals surface area contributed by atoms with Crippen molar-refractivity contribution in [3.8, 4) is 0 Å². The first-order chi connectivity index (χ1) is 11.2. The van der Waals surface area contributed by atoms with Crippen molar-refractivity contribution < 1.29 is 14.1 Å². The van der Waals surface area contributed by atoms with Crippen LogP contribution < -0.4 is 10.6 Å². The predicted octanol–water partition coefficient (Wildman–Crippen LogP) is 2.37. The van der Waals surface area contributed by atoms with Gasteiger partial charge < -0.3 is 15.2 Å². The molecule has 6 nitrogen and oxygen atoms in total. The number of nitrogens with zero attached hydrogens (tertiary/aromatic N) is 1. The Balaban J connectivity index is 1.68. The van der Waals surface area contributed by atoms with Gasteiger partial charge >= 0.3 is 0 Å². The standard InChI is InChI=1S/C17H15N3O3/c1-18-17(22)11-6-8-12(9-7-11)19-16(21)10-14-13-4-2-3-5-15(13)23-20-14/h2-9H,10H2,1H3,(H,18,22)(H,19,21). The molecule has 0 atom stereocenters. The molecular weight excluding hydrogens is 294 g/mol. The van der Waals surface area contributed by atoms with Gasteiger partial charge in [0.15, 0.2) is 5.58 Å². The molecule has 0 fully saturated rings. The lowest BCUT2D eigenvalue weighted by Crippen LogP contribution is -2.18. The number of rotatable bonds is 4. The molecule has 0 saturated heterocycles. The average molecular weight is 309 g/mol. The van der Waals surface area contributed by atoms with Gasteiger partial charge in [0, 0.05) is 23.7 Å². The Kier molecular flexibility index (Phi) is 4.05. The Hall–Kier alpha value is -3.15. The highest BCUT2D eigenvalue weighted by molar-refractivity contribution is 5.96. The smallest absolute Gasteiger partial charge is 0.251 e. The van der Waals surface area contributed by atoms with Crippen LogP contribution in [0.2, 0.25) is 0 Å². The zero-order chi connectivity index (χ0) is 16.2. The second-order valence-electron chi connectivity index (χ2n) is 5.01. The van der Waals surface area contributed by atoms with Crippen LogP contribution in [0.3, 0.4) is 0 Å². The third kappa shape index (κ3) is 3.21. The summed E-state index contributed by atoms with van der Waals surface area (Å²) >= 11 is 0. The number of fused-ring (bicyclic) bond motifs is 1. The fourth-order valence-electron chi connectivity index (χ4n) is 2.27. The largest absolute Gasteiger partial charge is 0.356 e. The van der Waals surface area contributed by atoms with Gasteiger partial charge in [-0.05, 0) is 36.4 Å². The summed E-state index contributed by atoms with van der Waals surface area (Å²) in [6.07, 6.45) is 0.119. The summed E-state index contributed by atoms with van der Waals surface area (Å²) in [5.41, 5.74) is 2.41. The molecule has 0 radical (unpaired) electrons. The molecule has 0 saturated carbocycles. The number of para-hydroxylation sites is 1. The summed E-state index contributed by atoms with van der Waals surface area (Å²) in [5, 5.41) is 10.1. The summed E-state index contributed by atoms with van der Waals surface area (Å²) in [6, 6.07) is 14.1. The molecule has 6 heteroatoms. The van der Waals surface area contributed by atoms with Gasteiger partial charge in [-0.1, -0.05) is 17.3 Å². The van der Waals surface area contributed by atoms with E-state index >= 15 is 0 Å². The molecule has 116 valence electrons. The SMILES string of the molecule is CNC(=O)c1ccc(NC(=O)Cc2noc3ccccc23)cc1. The lowest BCUT2D eigenvalue weighted by Gasteiger charge is -2.05. The minimum atomic E-state index is -0.197. The molecule has 2 N–H and O–H groups in total. The number of hydrogen-bond acceptors (Lipinski definition) is 4. The Morgan fingerprint density at radius 3 is 2.57 bits per heavy atom. The quantitative estimate of drug-likeness (QED) is 0.775. The van der Waals surface area contributed by atoms with Crippen molar-refractivity contribution in [1.82, 2.24) is 10.5 Å². The average Bonchev–Trinajstić information content (AvgIpc) is 2.98. The zero-order valence-corrected chi connectivity index (χ0v) is 12.5. The van der Waals surface area contributed by atoms with Gasteiger partial charge in [-0.3, -0.25) is 9.59 Å². The summed E-state index contributed by atoms with van der Waals surface area (Å²) < 4.78 is 5.18. The summed E-state index contributed by atoms with van der Waals surface area (Å²) in [7, 11) is 1.57. The van der Waals surface area contributed by atoms with Gasteiger partial charge in [0.05, 0.1) is 6.42 Å². The highest BCUT2D eigenvalue weighted by Gasteiger charge is 2.12. The van der Waals surface area contributed by atoms with Gasteiger partial charge in [-0.25, -0.2) is 0 Å². The minimum absolute atomic E-state index is 0.119. The molecule has 2 amide bonds. The fourth-order valence-corrected chi connectivity index (χ4v) is 2.27. The first kappa shape index (κ1) is 14.8. The van der Waals surface area contributed by atoms with Crippen molar-refractivity contribution in [2.45, 2.75) is 6.42 Å². The van der Waals surface area contributed by atoms with Crippen molar-refractivity contribution in [1.29, 1.82) is 0 Å². The van der Waals surface area contributed by atoms with Crippen molar-refractivity contribution in [3.63, 3.8) is 0 Å². The van der Waals surface area contributed by atoms with E-state index in [4.69, 9.17) is 4.52 Å². The molecule has 3 aromatic rings. The maximum atomic E-state index is 12.1. The van der Waals surface area contributed by atoms with Crippen LogP contribution in [-0.2, 0) is 11.2 Å². The van der Waals surface area contributed by atoms with Crippen LogP contribution >= 0.6 is 0 Å². The van der Waals surface area contributed by atoms with Crippen molar-refractivity contribution in [2.24, 2.45) is 0 Å². The molecule has 0 aliphatic carbocycles. The number of anilines is 1. The highest BCUT2D eigenvalue weighted by Crippen LogP contribution is 2.18. The summed E-state index contributed by atoms with van der Waals surface area (Å²) in [6.45, 7) is 0. The predicted molar refractivity (Wildman–Crippen MR) is 86.2 cm³/mol. The lowest BCUT2D eigenvalue weighted by molar-refractivity contribution is -0.115. The van der Waals surface area contributed by atoms with Gasteiger partial charge in [0.25, 0.3) is 5.91 Å². The Labute approximate surface area is 132 Å². The second kappa shape index (κ2) is 6.31. The third-order valence-corrected chi connectivity index (χ3v) is 3.44. The molecular formula is C17H15N3O3. The van der Waals surface area contributed by atoms with E-state index < -0.39 is 0 Å². The maximum Gasteiger partial charge on any atom is 0.251 e. The molecule has 0 spiro atoms. The van der Waals surface area contributed by atoms with Crippen LogP contribution in [0.1, 0.15) is 16.1 Å². The lowest BCUT2D eigenvalue weighted by atomic mass is 10.1. The number of carbonyl (C=O) groups is 2. The summed E-state index contributed by atoms with van der Waals surface area (Å²) in [4.78, 5) is 23.6. The monoisotopic (exact) mass is 309 g/mol. The van der Waals surface area contributed by atoms with Crippen LogP contribution in [0.4, 0.5) is 5.69 Å². The van der Waals surface area contributed by atoms with Crippen molar-refractivity contribution >= 4 is 28.5 Å². The number of hydrogen-bond donors (Lipinski definition) is 2. The molecule has 3 rings (SSSR count). The fraction of sp³-hybridized carbons (Fsp3) is 0.118. The van der Waals surface area contributed by atoms with E-state index in [1.807, 2.05) is 18.2 Å². The molecule has 0 aliphatic heterocycles. The molecule has 2 aromatic carbocycles. The second-order valence-corrected chi connectivity index (χ2v) is 5.01. The Morgan fingerprint density at radius 1 is 1.09 bits per heavy atom. The van der Waals surface area contributed by atoms with E-state index in [-0.39, 0.29) is 18.2 Å². The molecule has 1 heterocycles. The van der Waals surface area contributed by atoms with Crippen LogP contribution in [0.5, 0.6) is 0 Å². The number of amides is 2. The molecule has 0 unspecified atom stereocenters. The molecule has 23 heavy (non-hydrogen) atoms. The zero-order valence-electron chi connectivity index (χ0n) is 12.5. The van der Waals surface area contributed by atoms with Crippen molar-refractivity contribution in [3.05, 3.63) is 59.8 Å². The first-order valence-corrected chi connectivity index (χ1v) is 7.12. The third-order valence-electron chi connectivity index (χ3n) is 3.44. The van der Waals surface area contributed by atoms with E-state index in [1.165, 1.54) is 0 Å². The van der Waals surface area contributed by atoms with E-state index in [2.05, 4.69) is 15.8 Å². The number of carbonyl (C=O) groups excluding carboxylic acids is 2. The van der Waals surface area contributed by atoms with Gasteiger partial charge in [0.2, 0.25) is 5.91 Å². The number of aromatic nitrogens is 1. The van der Waals surface area contributed by atoms with E-state index in [1.54, 1.807) is 37.4 Å². The topological polar surface area (TPSA) is 84.2 Å². The van der Waals surface area contributed by atoms with Crippen LogP contribution in [-0.4, -0.2) is 24.0 Å². The van der Waals surface area contributed by atoms with Gasteiger partial charge in [-0.15, -0.1) is 0 Å². The van der Waals surface area contributed by atoms with Gasteiger partial charge in [0.1, 0.15) is 5.69 Å². The molecule has 0 aliphatic rings. The first-order valence-electron chi connectivity index (χ1n) is 7.12.